The summed E-state index contributed by atoms with van der Waals surface area (Å²) >= 11 is 3.39. The summed E-state index contributed by atoms with van der Waals surface area (Å²) in [6, 6.07) is 2.05. The molecule has 3 unspecified atom stereocenters. The lowest BCUT2D eigenvalue weighted by atomic mass is 9.90. The van der Waals surface area contributed by atoms with Gasteiger partial charge in [-0.15, -0.1) is 0 Å². The van der Waals surface area contributed by atoms with Crippen LogP contribution in [0.3, 0.4) is 0 Å². The van der Waals surface area contributed by atoms with Crippen molar-refractivity contribution in [2.75, 3.05) is 0 Å². The second kappa shape index (κ2) is 3.16. The number of fused-ring (bicyclic) bond motifs is 2. The van der Waals surface area contributed by atoms with Gasteiger partial charge in [0.1, 0.15) is 10.9 Å². The summed E-state index contributed by atoms with van der Waals surface area (Å²) in [6.07, 6.45) is 8.96. The van der Waals surface area contributed by atoms with Gasteiger partial charge in [-0.05, 0) is 46.7 Å². The third-order valence-corrected chi connectivity index (χ3v) is 3.75. The minimum absolute atomic E-state index is 0.629. The van der Waals surface area contributed by atoms with E-state index < -0.39 is 0 Å². The van der Waals surface area contributed by atoms with E-state index in [0.717, 1.165) is 16.4 Å². The first-order valence-electron chi connectivity index (χ1n) is 4.98. The van der Waals surface area contributed by atoms with Crippen LogP contribution in [0.5, 0.6) is 0 Å². The van der Waals surface area contributed by atoms with Gasteiger partial charge in [0.2, 0.25) is 0 Å². The van der Waals surface area contributed by atoms with Crippen LogP contribution in [0.1, 0.15) is 24.5 Å². The Kier molecular flexibility index (Phi) is 1.94. The Morgan fingerprint density at radius 3 is 2.79 bits per heavy atom. The zero-order valence-electron chi connectivity index (χ0n) is 7.73. The van der Waals surface area contributed by atoms with Crippen molar-refractivity contribution in [2.45, 2.75) is 18.8 Å². The highest BCUT2D eigenvalue weighted by molar-refractivity contribution is 9.10. The molecule has 3 heteroatoms. The Hall–Kier alpha value is -0.700. The van der Waals surface area contributed by atoms with Gasteiger partial charge >= 0.3 is 0 Å². The molecule has 1 heterocycles. The molecule has 1 aromatic rings. The lowest BCUT2D eigenvalue weighted by molar-refractivity contribution is 0.568. The molecule has 1 saturated carbocycles. The fourth-order valence-electron chi connectivity index (χ4n) is 2.67. The first kappa shape index (κ1) is 8.60. The maximum absolute atomic E-state index is 4.37. The van der Waals surface area contributed by atoms with E-state index in [2.05, 4.69) is 44.1 Å². The minimum Gasteiger partial charge on any atom is -0.241 e. The van der Waals surface area contributed by atoms with Crippen molar-refractivity contribution >= 4 is 15.9 Å². The molecule has 2 aliphatic rings. The number of rotatable bonds is 1. The number of hydrogen-bond donors (Lipinski definition) is 0. The normalized spacial score (nSPS) is 33.9. The molecule has 2 nitrogen and oxygen atoms in total. The van der Waals surface area contributed by atoms with Crippen molar-refractivity contribution in [1.29, 1.82) is 0 Å². The Morgan fingerprint density at radius 1 is 1.21 bits per heavy atom. The van der Waals surface area contributed by atoms with Crippen molar-refractivity contribution in [1.82, 2.24) is 9.97 Å². The van der Waals surface area contributed by atoms with E-state index in [-0.39, 0.29) is 0 Å². The number of hydrogen-bond acceptors (Lipinski definition) is 2. The van der Waals surface area contributed by atoms with Crippen molar-refractivity contribution in [3.8, 4) is 0 Å². The fourth-order valence-corrected chi connectivity index (χ4v) is 3.00. The Balaban J connectivity index is 1.93. The van der Waals surface area contributed by atoms with E-state index in [1.165, 1.54) is 18.5 Å². The molecule has 0 radical (unpaired) electrons. The zero-order chi connectivity index (χ0) is 9.54. The van der Waals surface area contributed by atoms with Gasteiger partial charge < -0.3 is 0 Å². The molecule has 1 aromatic heterocycles. The van der Waals surface area contributed by atoms with Crippen molar-refractivity contribution in [3.63, 3.8) is 0 Å². The van der Waals surface area contributed by atoms with Crippen LogP contribution in [0.2, 0.25) is 0 Å². The maximum Gasteiger partial charge on any atom is 0.116 e. The molecular formula is C11H11BrN2. The molecule has 0 saturated heterocycles. The molecule has 1 fully saturated rings. The quantitative estimate of drug-likeness (QED) is 0.566. The first-order valence-corrected chi connectivity index (χ1v) is 5.78. The van der Waals surface area contributed by atoms with Crippen molar-refractivity contribution in [2.24, 2.45) is 11.8 Å². The first-order chi connectivity index (χ1) is 6.83. The lowest BCUT2D eigenvalue weighted by Crippen LogP contribution is -2.07. The third-order valence-electron chi connectivity index (χ3n) is 3.31. The molecule has 3 atom stereocenters. The van der Waals surface area contributed by atoms with Gasteiger partial charge in [-0.3, -0.25) is 0 Å². The molecule has 0 N–H and O–H groups in total. The molecule has 0 spiro atoms. The summed E-state index contributed by atoms with van der Waals surface area (Å²) in [4.78, 5) is 8.43. The average molecular weight is 251 g/mol. The maximum atomic E-state index is 4.37. The van der Waals surface area contributed by atoms with Gasteiger partial charge in [0.25, 0.3) is 0 Å². The summed E-state index contributed by atoms with van der Waals surface area (Å²) in [6.45, 7) is 0. The average Bonchev–Trinajstić information content (AvgIpc) is 2.78. The monoisotopic (exact) mass is 250 g/mol. The Morgan fingerprint density at radius 2 is 2.14 bits per heavy atom. The summed E-state index contributed by atoms with van der Waals surface area (Å²) in [7, 11) is 0. The van der Waals surface area contributed by atoms with E-state index in [1.807, 2.05) is 0 Å². The fraction of sp³-hybridized carbons (Fsp3) is 0.455. The molecule has 0 aromatic carbocycles. The number of aromatic nitrogens is 2. The highest BCUT2D eigenvalue weighted by Crippen LogP contribution is 2.48. The van der Waals surface area contributed by atoms with Crippen LogP contribution in [0, 0.1) is 11.8 Å². The number of halogens is 1. The molecule has 0 aliphatic heterocycles. The van der Waals surface area contributed by atoms with E-state index >= 15 is 0 Å². The van der Waals surface area contributed by atoms with Gasteiger partial charge in [0.15, 0.2) is 0 Å². The van der Waals surface area contributed by atoms with Crippen LogP contribution in [0.25, 0.3) is 0 Å². The SMILES string of the molecule is Brc1cc(C2CC3C=CC2C3)ncn1. The number of nitrogens with zero attached hydrogens (tertiary/aromatic N) is 2. The molecule has 72 valence electrons. The summed E-state index contributed by atoms with van der Waals surface area (Å²) in [5.74, 6) is 2.16. The van der Waals surface area contributed by atoms with Gasteiger partial charge in [0.05, 0.1) is 0 Å². The lowest BCUT2D eigenvalue weighted by Gasteiger charge is -2.16. The van der Waals surface area contributed by atoms with Gasteiger partial charge in [-0.1, -0.05) is 12.2 Å². The van der Waals surface area contributed by atoms with Crippen LogP contribution < -0.4 is 0 Å². The van der Waals surface area contributed by atoms with Crippen molar-refractivity contribution in [3.05, 3.63) is 34.8 Å². The molecule has 14 heavy (non-hydrogen) atoms. The summed E-state index contributed by atoms with van der Waals surface area (Å²) < 4.78 is 0.897. The molecule has 2 bridgehead atoms. The molecule has 0 amide bonds. The second-order valence-corrected chi connectivity index (χ2v) is 4.96. The topological polar surface area (TPSA) is 25.8 Å². The standard InChI is InChI=1S/C11H11BrN2/c12-11-5-10(13-6-14-11)9-4-7-1-2-8(9)3-7/h1-2,5-9H,3-4H2. The number of allylic oxidation sites excluding steroid dienone is 2. The van der Waals surface area contributed by atoms with Gasteiger partial charge in [-0.2, -0.15) is 0 Å². The molecular weight excluding hydrogens is 240 g/mol. The van der Waals surface area contributed by atoms with Gasteiger partial charge in [0, 0.05) is 11.6 Å². The largest absolute Gasteiger partial charge is 0.241 e. The smallest absolute Gasteiger partial charge is 0.116 e. The van der Waals surface area contributed by atoms with Gasteiger partial charge in [-0.25, -0.2) is 9.97 Å². The second-order valence-electron chi connectivity index (χ2n) is 4.15. The zero-order valence-corrected chi connectivity index (χ0v) is 9.31. The predicted molar refractivity (Wildman–Crippen MR) is 57.8 cm³/mol. The summed E-state index contributed by atoms with van der Waals surface area (Å²) in [5, 5.41) is 0. The van der Waals surface area contributed by atoms with Crippen LogP contribution in [0.4, 0.5) is 0 Å². The van der Waals surface area contributed by atoms with E-state index in [1.54, 1.807) is 6.33 Å². The third kappa shape index (κ3) is 1.31. The van der Waals surface area contributed by atoms with Crippen LogP contribution in [0.15, 0.2) is 29.1 Å². The molecule has 3 rings (SSSR count). The van der Waals surface area contributed by atoms with E-state index in [9.17, 15) is 0 Å². The predicted octanol–water partition coefficient (Wildman–Crippen LogP) is 2.92. The minimum atomic E-state index is 0.629. The van der Waals surface area contributed by atoms with E-state index in [4.69, 9.17) is 0 Å². The van der Waals surface area contributed by atoms with Crippen molar-refractivity contribution < 1.29 is 0 Å². The Labute approximate surface area is 91.6 Å². The highest BCUT2D eigenvalue weighted by atomic mass is 79.9. The van der Waals surface area contributed by atoms with E-state index in [0.29, 0.717) is 5.92 Å². The van der Waals surface area contributed by atoms with Crippen LogP contribution >= 0.6 is 15.9 Å². The highest BCUT2D eigenvalue weighted by Gasteiger charge is 2.37. The van der Waals surface area contributed by atoms with Crippen LogP contribution in [-0.2, 0) is 0 Å². The summed E-state index contributed by atoms with van der Waals surface area (Å²) in [5.41, 5.74) is 1.20. The molecule has 2 aliphatic carbocycles. The van der Waals surface area contributed by atoms with Crippen LogP contribution in [-0.4, -0.2) is 9.97 Å². The Bertz CT molecular complexity index is 389.